The molecule has 0 saturated heterocycles. The normalized spacial score (nSPS) is 11.0. The maximum absolute atomic E-state index is 10.9. The van der Waals surface area contributed by atoms with Crippen LogP contribution in [0.1, 0.15) is 29.6 Å². The standard InChI is InChI=1S/C16H20N2O2S/c1-2-8-18(11-16(19)20)10-14-12-21-15(17-14)9-13-6-4-3-5-7-13/h3-7,12H,2,8-11H2,1H3,(H,19,20). The van der Waals surface area contributed by atoms with Crippen LogP contribution in [0.5, 0.6) is 0 Å². The second-order valence-corrected chi connectivity index (χ2v) is 5.94. The Morgan fingerprint density at radius 3 is 2.76 bits per heavy atom. The molecule has 0 aliphatic rings. The molecular formula is C16H20N2O2S. The van der Waals surface area contributed by atoms with Crippen LogP contribution >= 0.6 is 11.3 Å². The highest BCUT2D eigenvalue weighted by molar-refractivity contribution is 7.09. The van der Waals surface area contributed by atoms with E-state index in [-0.39, 0.29) is 6.54 Å². The fourth-order valence-electron chi connectivity index (χ4n) is 2.22. The number of rotatable bonds is 8. The summed E-state index contributed by atoms with van der Waals surface area (Å²) in [6.07, 6.45) is 1.77. The molecule has 0 spiro atoms. The maximum Gasteiger partial charge on any atom is 0.317 e. The van der Waals surface area contributed by atoms with E-state index in [9.17, 15) is 4.79 Å². The van der Waals surface area contributed by atoms with Crippen molar-refractivity contribution in [1.29, 1.82) is 0 Å². The van der Waals surface area contributed by atoms with Gasteiger partial charge in [-0.25, -0.2) is 4.98 Å². The number of hydrogen-bond acceptors (Lipinski definition) is 4. The average Bonchev–Trinajstić information content (AvgIpc) is 2.86. The summed E-state index contributed by atoms with van der Waals surface area (Å²) in [6.45, 7) is 3.50. The van der Waals surface area contributed by atoms with E-state index in [1.54, 1.807) is 11.3 Å². The van der Waals surface area contributed by atoms with Crippen molar-refractivity contribution in [3.63, 3.8) is 0 Å². The van der Waals surface area contributed by atoms with Crippen molar-refractivity contribution in [2.75, 3.05) is 13.1 Å². The summed E-state index contributed by atoms with van der Waals surface area (Å²) in [7, 11) is 0. The minimum atomic E-state index is -0.789. The molecule has 5 heteroatoms. The van der Waals surface area contributed by atoms with E-state index >= 15 is 0 Å². The molecule has 0 saturated carbocycles. The zero-order valence-electron chi connectivity index (χ0n) is 12.2. The number of carbonyl (C=O) groups is 1. The zero-order chi connectivity index (χ0) is 15.1. The predicted octanol–water partition coefficient (Wildman–Crippen LogP) is 3.03. The van der Waals surface area contributed by atoms with Gasteiger partial charge < -0.3 is 5.11 Å². The molecule has 1 N–H and O–H groups in total. The summed E-state index contributed by atoms with van der Waals surface area (Å²) in [6, 6.07) is 10.2. The molecular weight excluding hydrogens is 284 g/mol. The number of carboxylic acids is 1. The van der Waals surface area contributed by atoms with E-state index in [1.807, 2.05) is 28.5 Å². The van der Waals surface area contributed by atoms with Gasteiger partial charge in [0, 0.05) is 18.3 Å². The first kappa shape index (κ1) is 15.7. The summed E-state index contributed by atoms with van der Waals surface area (Å²) >= 11 is 1.64. The van der Waals surface area contributed by atoms with Crippen molar-refractivity contribution in [1.82, 2.24) is 9.88 Å². The predicted molar refractivity (Wildman–Crippen MR) is 84.6 cm³/mol. The molecule has 2 rings (SSSR count). The van der Waals surface area contributed by atoms with Gasteiger partial charge in [0.2, 0.25) is 0 Å². The Morgan fingerprint density at radius 2 is 2.10 bits per heavy atom. The van der Waals surface area contributed by atoms with E-state index in [1.165, 1.54) is 5.56 Å². The van der Waals surface area contributed by atoms with E-state index in [2.05, 4.69) is 24.0 Å². The average molecular weight is 304 g/mol. The molecule has 0 radical (unpaired) electrons. The lowest BCUT2D eigenvalue weighted by molar-refractivity contribution is -0.138. The van der Waals surface area contributed by atoms with Gasteiger partial charge >= 0.3 is 5.97 Å². The number of nitrogens with zero attached hydrogens (tertiary/aromatic N) is 2. The van der Waals surface area contributed by atoms with Crippen LogP contribution in [-0.2, 0) is 17.8 Å². The number of hydrogen-bond donors (Lipinski definition) is 1. The first-order valence-electron chi connectivity index (χ1n) is 7.08. The minimum Gasteiger partial charge on any atom is -0.480 e. The molecule has 0 bridgehead atoms. The summed E-state index contributed by atoms with van der Waals surface area (Å²) < 4.78 is 0. The van der Waals surface area contributed by atoms with Gasteiger partial charge in [0.25, 0.3) is 0 Å². The Hall–Kier alpha value is -1.72. The third kappa shape index (κ3) is 5.28. The van der Waals surface area contributed by atoms with Gasteiger partial charge in [-0.3, -0.25) is 9.69 Å². The Labute approximate surface area is 129 Å². The molecule has 0 amide bonds. The lowest BCUT2D eigenvalue weighted by Gasteiger charge is -2.17. The molecule has 4 nitrogen and oxygen atoms in total. The molecule has 1 aromatic heterocycles. The molecule has 1 heterocycles. The highest BCUT2D eigenvalue weighted by Crippen LogP contribution is 2.16. The van der Waals surface area contributed by atoms with Crippen LogP contribution in [0, 0.1) is 0 Å². The van der Waals surface area contributed by atoms with Gasteiger partial charge in [-0.2, -0.15) is 0 Å². The second kappa shape index (κ2) is 7.90. The fourth-order valence-corrected chi connectivity index (χ4v) is 3.04. The number of benzene rings is 1. The Kier molecular flexibility index (Phi) is 5.90. The molecule has 1 aromatic carbocycles. The van der Waals surface area contributed by atoms with Gasteiger partial charge in [0.15, 0.2) is 0 Å². The van der Waals surface area contributed by atoms with Crippen LogP contribution in [0.3, 0.4) is 0 Å². The lowest BCUT2D eigenvalue weighted by Crippen LogP contribution is -2.30. The summed E-state index contributed by atoms with van der Waals surface area (Å²) in [5.41, 5.74) is 2.20. The molecule has 21 heavy (non-hydrogen) atoms. The molecule has 0 unspecified atom stereocenters. The third-order valence-corrected chi connectivity index (χ3v) is 3.98. The van der Waals surface area contributed by atoms with Crippen molar-refractivity contribution < 1.29 is 9.90 Å². The van der Waals surface area contributed by atoms with Crippen LogP contribution in [0.4, 0.5) is 0 Å². The van der Waals surface area contributed by atoms with Crippen molar-refractivity contribution in [3.8, 4) is 0 Å². The summed E-state index contributed by atoms with van der Waals surface area (Å²) in [5.74, 6) is -0.789. The van der Waals surface area contributed by atoms with Gasteiger partial charge in [-0.1, -0.05) is 37.3 Å². The van der Waals surface area contributed by atoms with Gasteiger partial charge in [-0.15, -0.1) is 11.3 Å². The second-order valence-electron chi connectivity index (χ2n) is 5.00. The SMILES string of the molecule is CCCN(CC(=O)O)Cc1csc(Cc2ccccc2)n1. The van der Waals surface area contributed by atoms with E-state index in [0.29, 0.717) is 6.54 Å². The first-order chi connectivity index (χ1) is 10.2. The summed E-state index contributed by atoms with van der Waals surface area (Å²) in [5, 5.41) is 12.0. The lowest BCUT2D eigenvalue weighted by atomic mass is 10.2. The zero-order valence-corrected chi connectivity index (χ0v) is 13.0. The number of carboxylic acid groups (broad SMARTS) is 1. The fraction of sp³-hybridized carbons (Fsp3) is 0.375. The maximum atomic E-state index is 10.9. The Balaban J connectivity index is 1.96. The third-order valence-electron chi connectivity index (χ3n) is 3.08. The van der Waals surface area contributed by atoms with E-state index < -0.39 is 5.97 Å². The van der Waals surface area contributed by atoms with Crippen LogP contribution in [0.15, 0.2) is 35.7 Å². The Bertz CT molecular complexity index is 569. The van der Waals surface area contributed by atoms with Crippen molar-refractivity contribution in [2.45, 2.75) is 26.3 Å². The summed E-state index contributed by atoms with van der Waals surface area (Å²) in [4.78, 5) is 17.4. The van der Waals surface area contributed by atoms with Crippen LogP contribution < -0.4 is 0 Å². The highest BCUT2D eigenvalue weighted by Gasteiger charge is 2.11. The van der Waals surface area contributed by atoms with Crippen molar-refractivity contribution in [2.24, 2.45) is 0 Å². The topological polar surface area (TPSA) is 53.4 Å². The molecule has 0 aliphatic heterocycles. The first-order valence-corrected chi connectivity index (χ1v) is 7.96. The van der Waals surface area contributed by atoms with E-state index in [4.69, 9.17) is 5.11 Å². The molecule has 0 fully saturated rings. The quantitative estimate of drug-likeness (QED) is 0.814. The van der Waals surface area contributed by atoms with Gasteiger partial charge in [0.05, 0.1) is 17.2 Å². The van der Waals surface area contributed by atoms with Crippen LogP contribution in [-0.4, -0.2) is 34.0 Å². The Morgan fingerprint density at radius 1 is 1.33 bits per heavy atom. The molecule has 0 atom stereocenters. The molecule has 0 aliphatic carbocycles. The largest absolute Gasteiger partial charge is 0.480 e. The number of aromatic nitrogens is 1. The number of thiazole rings is 1. The van der Waals surface area contributed by atoms with Gasteiger partial charge in [-0.05, 0) is 18.5 Å². The van der Waals surface area contributed by atoms with Crippen molar-refractivity contribution >= 4 is 17.3 Å². The number of aliphatic carboxylic acids is 1. The molecule has 112 valence electrons. The van der Waals surface area contributed by atoms with E-state index in [0.717, 1.165) is 30.1 Å². The van der Waals surface area contributed by atoms with Gasteiger partial charge in [0.1, 0.15) is 0 Å². The van der Waals surface area contributed by atoms with Crippen molar-refractivity contribution in [3.05, 3.63) is 52.0 Å². The van der Waals surface area contributed by atoms with Crippen LogP contribution in [0.2, 0.25) is 0 Å². The highest BCUT2D eigenvalue weighted by atomic mass is 32.1. The smallest absolute Gasteiger partial charge is 0.317 e. The minimum absolute atomic E-state index is 0.0688. The molecule has 2 aromatic rings. The van der Waals surface area contributed by atoms with Crippen LogP contribution in [0.25, 0.3) is 0 Å². The monoisotopic (exact) mass is 304 g/mol.